The fourth-order valence-electron chi connectivity index (χ4n) is 10.0. The molecule has 2 unspecified atom stereocenters. The van der Waals surface area contributed by atoms with Crippen molar-refractivity contribution in [3.8, 4) is 0 Å². The van der Waals surface area contributed by atoms with Gasteiger partial charge in [-0.2, -0.15) is 0 Å². The number of carbonyl (C=O) groups is 4. The maximum Gasteiger partial charge on any atom is 0.261 e. The molecule has 2 aromatic rings. The molecule has 4 rings (SSSR count). The largest absolute Gasteiger partial charge is 0.274 e. The van der Waals surface area contributed by atoms with E-state index >= 15 is 0 Å². The van der Waals surface area contributed by atoms with E-state index in [4.69, 9.17) is 0 Å². The van der Waals surface area contributed by atoms with Crippen LogP contribution < -0.4 is 0 Å². The fourth-order valence-corrected chi connectivity index (χ4v) is 10.0. The quantitative estimate of drug-likeness (QED) is 0.0506. The van der Waals surface area contributed by atoms with Gasteiger partial charge in [-0.25, -0.2) is 0 Å². The van der Waals surface area contributed by atoms with E-state index in [2.05, 4.69) is 27.7 Å². The number of hydrogen-bond donors (Lipinski definition) is 0. The first kappa shape index (κ1) is 49.6. The molecule has 60 heavy (non-hydrogen) atoms. The van der Waals surface area contributed by atoms with Crippen LogP contribution in [-0.4, -0.2) is 46.5 Å². The van der Waals surface area contributed by atoms with E-state index in [-0.39, 0.29) is 35.5 Å². The first-order chi connectivity index (χ1) is 29.4. The number of rotatable bonds is 36. The molecular formula is C54H86N2O4. The van der Waals surface area contributed by atoms with Crippen molar-refractivity contribution in [2.24, 2.45) is 11.8 Å². The van der Waals surface area contributed by atoms with Gasteiger partial charge in [0.2, 0.25) is 0 Å². The third-order valence-electron chi connectivity index (χ3n) is 13.8. The van der Waals surface area contributed by atoms with Crippen molar-refractivity contribution in [1.82, 2.24) is 9.80 Å². The van der Waals surface area contributed by atoms with Crippen LogP contribution in [0.25, 0.3) is 10.8 Å². The van der Waals surface area contributed by atoms with Gasteiger partial charge in [0.05, 0.1) is 0 Å². The normalized spacial score (nSPS) is 14.9. The Bertz CT molecular complexity index is 1410. The molecule has 0 radical (unpaired) electrons. The van der Waals surface area contributed by atoms with Crippen molar-refractivity contribution in [3.05, 3.63) is 46.5 Å². The third kappa shape index (κ3) is 15.1. The molecule has 0 fully saturated rings. The van der Waals surface area contributed by atoms with Crippen molar-refractivity contribution < 1.29 is 19.2 Å². The molecule has 0 saturated carbocycles. The van der Waals surface area contributed by atoms with Crippen LogP contribution in [0.3, 0.4) is 0 Å². The summed E-state index contributed by atoms with van der Waals surface area (Å²) in [6, 6.07) is 7.03. The van der Waals surface area contributed by atoms with Crippen LogP contribution in [-0.2, 0) is 0 Å². The first-order valence-corrected chi connectivity index (χ1v) is 25.7. The maximum absolute atomic E-state index is 14.3. The highest BCUT2D eigenvalue weighted by molar-refractivity contribution is 6.33. The van der Waals surface area contributed by atoms with Crippen molar-refractivity contribution in [2.75, 3.05) is 13.1 Å². The molecule has 6 heteroatoms. The molecule has 0 N–H and O–H groups in total. The Morgan fingerprint density at radius 1 is 0.317 bits per heavy atom. The van der Waals surface area contributed by atoms with Crippen molar-refractivity contribution in [1.29, 1.82) is 0 Å². The van der Waals surface area contributed by atoms with Crippen LogP contribution in [0.2, 0.25) is 0 Å². The molecular weight excluding hydrogens is 741 g/mol. The Morgan fingerprint density at radius 2 is 0.517 bits per heavy atom. The first-order valence-electron chi connectivity index (χ1n) is 25.7. The van der Waals surface area contributed by atoms with Gasteiger partial charge in [-0.3, -0.25) is 29.0 Å². The maximum atomic E-state index is 14.3. The summed E-state index contributed by atoms with van der Waals surface area (Å²) in [6.07, 6.45) is 39.0. The monoisotopic (exact) mass is 827 g/mol. The van der Waals surface area contributed by atoms with Gasteiger partial charge in [0.15, 0.2) is 0 Å². The van der Waals surface area contributed by atoms with Crippen LogP contribution in [0, 0.1) is 11.8 Å². The Hall–Kier alpha value is -3.02. The number of carbonyl (C=O) groups excluding carboxylic acids is 4. The summed E-state index contributed by atoms with van der Waals surface area (Å²) in [5, 5.41) is 0.992. The zero-order valence-corrected chi connectivity index (χ0v) is 39.0. The number of nitrogens with zero attached hydrogens (tertiary/aromatic N) is 2. The lowest BCUT2D eigenvalue weighted by Gasteiger charge is -2.34. The molecule has 336 valence electrons. The van der Waals surface area contributed by atoms with Crippen molar-refractivity contribution >= 4 is 34.4 Å². The lowest BCUT2D eigenvalue weighted by atomic mass is 9.84. The van der Waals surface area contributed by atoms with Crippen molar-refractivity contribution in [3.63, 3.8) is 0 Å². The Kier molecular flexibility index (Phi) is 23.6. The van der Waals surface area contributed by atoms with Gasteiger partial charge in [0.1, 0.15) is 0 Å². The number of imide groups is 2. The molecule has 0 aromatic heterocycles. The highest BCUT2D eigenvalue weighted by Gasteiger charge is 2.40. The van der Waals surface area contributed by atoms with Gasteiger partial charge in [-0.1, -0.05) is 207 Å². The highest BCUT2D eigenvalue weighted by Crippen LogP contribution is 2.39. The van der Waals surface area contributed by atoms with Crippen LogP contribution >= 0.6 is 0 Å². The SMILES string of the molecule is CCCCCCCCCCC(CCCCCCCC)CN1C(=O)c2ccc3c4c(ccc(c24)C1=O)C(=O)N(CC(CCCCCCCC)CCCCCCCCCC)C3=O. The summed E-state index contributed by atoms with van der Waals surface area (Å²) in [5.74, 6) is -0.604. The summed E-state index contributed by atoms with van der Waals surface area (Å²) in [7, 11) is 0. The molecule has 6 nitrogen and oxygen atoms in total. The number of hydrogen-bond acceptors (Lipinski definition) is 4. The average Bonchev–Trinajstić information content (AvgIpc) is 3.25. The van der Waals surface area contributed by atoms with Gasteiger partial charge in [-0.05, 0) is 61.8 Å². The zero-order chi connectivity index (χ0) is 43.0. The lowest BCUT2D eigenvalue weighted by Crippen LogP contribution is -2.45. The second-order valence-corrected chi connectivity index (χ2v) is 18.9. The van der Waals surface area contributed by atoms with Crippen molar-refractivity contribution in [2.45, 2.75) is 233 Å². The Labute approximate surface area is 366 Å². The van der Waals surface area contributed by atoms with E-state index < -0.39 is 0 Å². The summed E-state index contributed by atoms with van der Waals surface area (Å²) >= 11 is 0. The van der Waals surface area contributed by atoms with Crippen LogP contribution in [0.4, 0.5) is 0 Å². The molecule has 2 heterocycles. The van der Waals surface area contributed by atoms with Crippen LogP contribution in [0.15, 0.2) is 24.3 Å². The summed E-state index contributed by atoms with van der Waals surface area (Å²) < 4.78 is 0. The zero-order valence-electron chi connectivity index (χ0n) is 39.0. The summed E-state index contributed by atoms with van der Waals surface area (Å²) in [6.45, 7) is 9.86. The Morgan fingerprint density at radius 3 is 0.733 bits per heavy atom. The van der Waals surface area contributed by atoms with E-state index in [0.29, 0.717) is 46.1 Å². The topological polar surface area (TPSA) is 74.8 Å². The second kappa shape index (κ2) is 28.6. The molecule has 2 aliphatic rings. The van der Waals surface area contributed by atoms with E-state index in [1.807, 2.05) is 0 Å². The minimum atomic E-state index is -0.285. The van der Waals surface area contributed by atoms with Crippen LogP contribution in [0.5, 0.6) is 0 Å². The number of unbranched alkanes of at least 4 members (excludes halogenated alkanes) is 24. The smallest absolute Gasteiger partial charge is 0.261 e. The molecule has 0 saturated heterocycles. The van der Waals surface area contributed by atoms with E-state index in [1.165, 1.54) is 164 Å². The van der Waals surface area contributed by atoms with Gasteiger partial charge in [0.25, 0.3) is 23.6 Å². The minimum absolute atomic E-state index is 0.269. The predicted octanol–water partition coefficient (Wildman–Crippen LogP) is 15.8. The summed E-state index contributed by atoms with van der Waals surface area (Å²) in [5.41, 5.74) is 1.78. The third-order valence-corrected chi connectivity index (χ3v) is 13.8. The van der Waals surface area contributed by atoms with Gasteiger partial charge < -0.3 is 0 Å². The standard InChI is InChI=1S/C54H86N2O4/c1-5-9-13-17-21-23-27-31-35-43(33-29-25-19-15-11-7-3)41-55-51(57)45-37-39-47-50-48(40-38-46(49(45)50)52(55)58)54(60)56(53(47)59)42-44(34-30-26-20-16-12-8-4)36-32-28-24-22-18-14-10-6-2/h37-40,43-44H,5-36,41-42H2,1-4H3. The Balaban J connectivity index is 1.46. The van der Waals surface area contributed by atoms with Crippen LogP contribution in [0.1, 0.15) is 275 Å². The lowest BCUT2D eigenvalue weighted by molar-refractivity contribution is 0.0556. The highest BCUT2D eigenvalue weighted by atomic mass is 16.2. The van der Waals surface area contributed by atoms with E-state index in [0.717, 1.165) is 51.4 Å². The predicted molar refractivity (Wildman–Crippen MR) is 252 cm³/mol. The summed E-state index contributed by atoms with van der Waals surface area (Å²) in [4.78, 5) is 60.3. The fraction of sp³-hybridized carbons (Fsp3) is 0.741. The number of amides is 4. The molecule has 2 atom stereocenters. The number of benzene rings is 2. The average molecular weight is 827 g/mol. The molecule has 0 spiro atoms. The van der Waals surface area contributed by atoms with Gasteiger partial charge in [-0.15, -0.1) is 0 Å². The molecule has 4 amide bonds. The molecule has 2 aromatic carbocycles. The van der Waals surface area contributed by atoms with E-state index in [1.54, 1.807) is 24.3 Å². The second-order valence-electron chi connectivity index (χ2n) is 18.9. The van der Waals surface area contributed by atoms with E-state index in [9.17, 15) is 19.2 Å². The molecule has 0 bridgehead atoms. The van der Waals surface area contributed by atoms with Gasteiger partial charge >= 0.3 is 0 Å². The molecule has 2 aliphatic heterocycles. The minimum Gasteiger partial charge on any atom is -0.274 e. The molecule has 0 aliphatic carbocycles. The van der Waals surface area contributed by atoms with Gasteiger partial charge in [0, 0.05) is 46.1 Å².